The van der Waals surface area contributed by atoms with Gasteiger partial charge in [-0.05, 0) is 12.1 Å². The second-order valence-corrected chi connectivity index (χ2v) is 2.74. The van der Waals surface area contributed by atoms with E-state index < -0.39 is 16.4 Å². The third-order valence-corrected chi connectivity index (χ3v) is 1.82. The zero-order chi connectivity index (χ0) is 10.7. The molecule has 0 radical (unpaired) electrons. The van der Waals surface area contributed by atoms with Crippen LogP contribution in [0.5, 0.6) is 5.75 Å². The summed E-state index contributed by atoms with van der Waals surface area (Å²) >= 11 is 0. The number of Topliss-reactive ketones (excluding diaryl/α,β-unsaturated/α-hetero) is 1. The molecule has 0 aromatic heterocycles. The normalized spacial score (nSPS) is 9.79. The Kier molecular flexibility index (Phi) is 2.81. The van der Waals surface area contributed by atoms with Crippen molar-refractivity contribution in [2.24, 2.45) is 0 Å². The number of rotatable bonds is 3. The highest BCUT2D eigenvalue weighted by atomic mass is 16.6. The Bertz CT molecular complexity index is 386. The minimum atomic E-state index is -0.720. The number of nitro benzene ring substituents is 1. The Morgan fingerprint density at radius 2 is 2.21 bits per heavy atom. The van der Waals surface area contributed by atoms with Gasteiger partial charge in [-0.25, -0.2) is 0 Å². The van der Waals surface area contributed by atoms with Crippen LogP contribution in [-0.4, -0.2) is 15.8 Å². The number of hydrogen-bond donors (Lipinski definition) is 1. The van der Waals surface area contributed by atoms with Crippen LogP contribution in [-0.2, 0) is 0 Å². The van der Waals surface area contributed by atoms with Gasteiger partial charge in [0.05, 0.1) is 4.92 Å². The van der Waals surface area contributed by atoms with Crippen molar-refractivity contribution in [3.63, 3.8) is 0 Å². The van der Waals surface area contributed by atoms with Crippen molar-refractivity contribution in [2.75, 3.05) is 0 Å². The van der Waals surface area contributed by atoms with Crippen molar-refractivity contribution in [1.82, 2.24) is 0 Å². The molecule has 0 aliphatic heterocycles. The largest absolute Gasteiger partial charge is 0.502 e. The molecule has 1 aromatic rings. The van der Waals surface area contributed by atoms with E-state index in [1.807, 2.05) is 0 Å². The lowest BCUT2D eigenvalue weighted by atomic mass is 10.1. The lowest BCUT2D eigenvalue weighted by molar-refractivity contribution is -0.385. The SMILES string of the molecule is CCC(=O)c1ccc(O)c([N+](=O)[O-])c1. The van der Waals surface area contributed by atoms with E-state index in [0.717, 1.165) is 12.1 Å². The van der Waals surface area contributed by atoms with Crippen molar-refractivity contribution in [3.8, 4) is 5.75 Å². The highest BCUT2D eigenvalue weighted by molar-refractivity contribution is 5.96. The molecule has 74 valence electrons. The molecule has 0 heterocycles. The van der Waals surface area contributed by atoms with Crippen molar-refractivity contribution >= 4 is 11.5 Å². The second-order valence-electron chi connectivity index (χ2n) is 2.74. The average molecular weight is 195 g/mol. The van der Waals surface area contributed by atoms with Crippen molar-refractivity contribution < 1.29 is 14.8 Å². The van der Waals surface area contributed by atoms with Crippen LogP contribution in [0.1, 0.15) is 23.7 Å². The van der Waals surface area contributed by atoms with Gasteiger partial charge in [-0.1, -0.05) is 6.92 Å². The van der Waals surface area contributed by atoms with E-state index in [1.165, 1.54) is 6.07 Å². The minimum Gasteiger partial charge on any atom is -0.502 e. The van der Waals surface area contributed by atoms with Crippen molar-refractivity contribution in [1.29, 1.82) is 0 Å². The number of phenolic OH excluding ortho intramolecular Hbond substituents is 1. The fraction of sp³-hybridized carbons (Fsp3) is 0.222. The monoisotopic (exact) mass is 195 g/mol. The molecule has 0 aliphatic rings. The molecule has 0 spiro atoms. The standard InChI is InChI=1S/C9H9NO4/c1-2-8(11)6-3-4-9(12)7(5-6)10(13)14/h3-5,12H,2H2,1H3. The molecule has 0 aliphatic carbocycles. The smallest absolute Gasteiger partial charge is 0.311 e. The lowest BCUT2D eigenvalue weighted by Crippen LogP contribution is -1.98. The lowest BCUT2D eigenvalue weighted by Gasteiger charge is -1.99. The number of carbonyl (C=O) groups excluding carboxylic acids is 1. The molecule has 1 aromatic carbocycles. The van der Waals surface area contributed by atoms with Gasteiger partial charge < -0.3 is 5.11 Å². The average Bonchev–Trinajstić information content (AvgIpc) is 2.17. The predicted molar refractivity (Wildman–Crippen MR) is 49.4 cm³/mol. The van der Waals surface area contributed by atoms with Crippen LogP contribution in [0, 0.1) is 10.1 Å². The molecule has 0 bridgehead atoms. The molecular weight excluding hydrogens is 186 g/mol. The maximum absolute atomic E-state index is 11.2. The van der Waals surface area contributed by atoms with Gasteiger partial charge >= 0.3 is 5.69 Å². The number of nitrogens with zero attached hydrogens (tertiary/aromatic N) is 1. The Balaban J connectivity index is 3.19. The number of phenols is 1. The molecule has 0 amide bonds. The first-order chi connectivity index (χ1) is 6.56. The van der Waals surface area contributed by atoms with Crippen LogP contribution in [0.25, 0.3) is 0 Å². The van der Waals surface area contributed by atoms with E-state index in [1.54, 1.807) is 6.92 Å². The number of ketones is 1. The fourth-order valence-electron chi connectivity index (χ4n) is 1.05. The topological polar surface area (TPSA) is 80.4 Å². The zero-order valence-corrected chi connectivity index (χ0v) is 7.56. The summed E-state index contributed by atoms with van der Waals surface area (Å²) < 4.78 is 0. The van der Waals surface area contributed by atoms with Crippen LogP contribution < -0.4 is 0 Å². The summed E-state index contributed by atoms with van der Waals surface area (Å²) in [5.41, 5.74) is -0.193. The number of hydrogen-bond acceptors (Lipinski definition) is 4. The summed E-state index contributed by atoms with van der Waals surface area (Å²) in [7, 11) is 0. The van der Waals surface area contributed by atoms with Gasteiger partial charge in [0.15, 0.2) is 11.5 Å². The second kappa shape index (κ2) is 3.87. The molecule has 0 fully saturated rings. The van der Waals surface area contributed by atoms with Crippen LogP contribution >= 0.6 is 0 Å². The molecule has 1 N–H and O–H groups in total. The Morgan fingerprint density at radius 3 is 2.71 bits per heavy atom. The van der Waals surface area contributed by atoms with Gasteiger partial charge in [-0.2, -0.15) is 0 Å². The number of benzene rings is 1. The highest BCUT2D eigenvalue weighted by Gasteiger charge is 2.15. The first kappa shape index (κ1) is 10.2. The number of nitro groups is 1. The molecular formula is C9H9NO4. The summed E-state index contributed by atoms with van der Waals surface area (Å²) in [6.07, 6.45) is 0.280. The Hall–Kier alpha value is -1.91. The van der Waals surface area contributed by atoms with E-state index in [9.17, 15) is 14.9 Å². The van der Waals surface area contributed by atoms with Gasteiger partial charge in [0.1, 0.15) is 0 Å². The molecule has 14 heavy (non-hydrogen) atoms. The van der Waals surface area contributed by atoms with Crippen LogP contribution in [0.3, 0.4) is 0 Å². The first-order valence-corrected chi connectivity index (χ1v) is 4.07. The summed E-state index contributed by atoms with van der Waals surface area (Å²) in [5.74, 6) is -0.615. The predicted octanol–water partition coefficient (Wildman–Crippen LogP) is 1.89. The summed E-state index contributed by atoms with van der Waals surface area (Å²) in [5, 5.41) is 19.5. The molecule has 5 nitrogen and oxygen atoms in total. The molecule has 0 atom stereocenters. The zero-order valence-electron chi connectivity index (χ0n) is 7.56. The first-order valence-electron chi connectivity index (χ1n) is 4.07. The molecule has 5 heteroatoms. The molecule has 1 rings (SSSR count). The van der Waals surface area contributed by atoms with E-state index in [2.05, 4.69) is 0 Å². The maximum atomic E-state index is 11.2. The highest BCUT2D eigenvalue weighted by Crippen LogP contribution is 2.26. The molecule has 0 unspecified atom stereocenters. The number of carbonyl (C=O) groups is 1. The fourth-order valence-corrected chi connectivity index (χ4v) is 1.05. The molecule has 0 saturated carbocycles. The van der Waals surface area contributed by atoms with Gasteiger partial charge in [-0.15, -0.1) is 0 Å². The summed E-state index contributed by atoms with van der Waals surface area (Å²) in [6, 6.07) is 3.61. The van der Waals surface area contributed by atoms with Crippen LogP contribution in [0.2, 0.25) is 0 Å². The van der Waals surface area contributed by atoms with Crippen molar-refractivity contribution in [2.45, 2.75) is 13.3 Å². The third-order valence-electron chi connectivity index (χ3n) is 1.82. The van der Waals surface area contributed by atoms with Gasteiger partial charge in [0.25, 0.3) is 0 Å². The maximum Gasteiger partial charge on any atom is 0.311 e. The van der Waals surface area contributed by atoms with Crippen molar-refractivity contribution in [3.05, 3.63) is 33.9 Å². The summed E-state index contributed by atoms with van der Waals surface area (Å²) in [6.45, 7) is 1.67. The van der Waals surface area contributed by atoms with Crippen LogP contribution in [0.15, 0.2) is 18.2 Å². The molecule has 0 saturated heterocycles. The van der Waals surface area contributed by atoms with Gasteiger partial charge in [0.2, 0.25) is 0 Å². The summed E-state index contributed by atoms with van der Waals surface area (Å²) in [4.78, 5) is 20.9. The van der Waals surface area contributed by atoms with E-state index in [-0.39, 0.29) is 17.8 Å². The minimum absolute atomic E-state index is 0.187. The Labute approximate surface area is 80.1 Å². The Morgan fingerprint density at radius 1 is 1.57 bits per heavy atom. The van der Waals surface area contributed by atoms with Crippen LogP contribution in [0.4, 0.5) is 5.69 Å². The van der Waals surface area contributed by atoms with Gasteiger partial charge in [0, 0.05) is 18.1 Å². The van der Waals surface area contributed by atoms with E-state index in [0.29, 0.717) is 0 Å². The third kappa shape index (κ3) is 1.87. The van der Waals surface area contributed by atoms with E-state index in [4.69, 9.17) is 5.11 Å². The quantitative estimate of drug-likeness (QED) is 0.453. The van der Waals surface area contributed by atoms with Gasteiger partial charge in [-0.3, -0.25) is 14.9 Å². The van der Waals surface area contributed by atoms with E-state index >= 15 is 0 Å². The number of aromatic hydroxyl groups is 1.